The predicted octanol–water partition coefficient (Wildman–Crippen LogP) is 2.83. The fourth-order valence-electron chi connectivity index (χ4n) is 1.82. The molecule has 1 aromatic heterocycles. The van der Waals surface area contributed by atoms with Crippen LogP contribution >= 0.6 is 0 Å². The van der Waals surface area contributed by atoms with Gasteiger partial charge in [0.1, 0.15) is 0 Å². The van der Waals surface area contributed by atoms with Crippen LogP contribution in [0.2, 0.25) is 0 Å². The zero-order valence-electron chi connectivity index (χ0n) is 12.6. The van der Waals surface area contributed by atoms with Crippen LogP contribution in [-0.4, -0.2) is 22.9 Å². The second-order valence-corrected chi connectivity index (χ2v) is 5.06. The van der Waals surface area contributed by atoms with Crippen molar-refractivity contribution in [2.75, 3.05) is 17.7 Å². The van der Waals surface area contributed by atoms with E-state index in [4.69, 9.17) is 0 Å². The van der Waals surface area contributed by atoms with Gasteiger partial charge in [-0.1, -0.05) is 0 Å². The monoisotopic (exact) mass is 287 g/mol. The SMILES string of the molecule is CNC(=O)Nc1ccc(NCc2cnn(C(C)C)c2)cc1. The minimum Gasteiger partial charge on any atom is -0.381 e. The molecule has 1 aromatic carbocycles. The first-order chi connectivity index (χ1) is 10.1. The molecule has 6 heteroatoms. The van der Waals surface area contributed by atoms with Crippen LogP contribution in [0.3, 0.4) is 0 Å². The first-order valence-electron chi connectivity index (χ1n) is 6.94. The molecule has 2 aromatic rings. The second kappa shape index (κ2) is 6.78. The molecule has 0 aliphatic carbocycles. The van der Waals surface area contributed by atoms with Crippen molar-refractivity contribution in [3.63, 3.8) is 0 Å². The topological polar surface area (TPSA) is 71.0 Å². The van der Waals surface area contributed by atoms with Crippen molar-refractivity contribution in [1.82, 2.24) is 15.1 Å². The molecular formula is C15H21N5O. The lowest BCUT2D eigenvalue weighted by molar-refractivity contribution is 0.254. The maximum atomic E-state index is 11.2. The van der Waals surface area contributed by atoms with Gasteiger partial charge in [0.25, 0.3) is 0 Å². The molecule has 0 spiro atoms. The summed E-state index contributed by atoms with van der Waals surface area (Å²) in [7, 11) is 1.59. The Hall–Kier alpha value is -2.50. The zero-order valence-corrected chi connectivity index (χ0v) is 12.6. The van der Waals surface area contributed by atoms with Crippen molar-refractivity contribution >= 4 is 17.4 Å². The molecule has 0 unspecified atom stereocenters. The van der Waals surface area contributed by atoms with E-state index in [1.165, 1.54) is 0 Å². The van der Waals surface area contributed by atoms with E-state index in [0.717, 1.165) is 23.5 Å². The molecule has 0 atom stereocenters. The van der Waals surface area contributed by atoms with Crippen LogP contribution in [0.15, 0.2) is 36.7 Å². The third kappa shape index (κ3) is 4.24. The molecule has 0 fully saturated rings. The van der Waals surface area contributed by atoms with E-state index >= 15 is 0 Å². The van der Waals surface area contributed by atoms with Crippen molar-refractivity contribution < 1.29 is 4.79 Å². The molecule has 0 aliphatic rings. The van der Waals surface area contributed by atoms with Crippen LogP contribution in [-0.2, 0) is 6.54 Å². The number of carbonyl (C=O) groups is 1. The molecular weight excluding hydrogens is 266 g/mol. The number of nitrogens with zero attached hydrogens (tertiary/aromatic N) is 2. The molecule has 0 saturated heterocycles. The lowest BCUT2D eigenvalue weighted by atomic mass is 10.2. The summed E-state index contributed by atoms with van der Waals surface area (Å²) in [6.45, 7) is 4.92. The Morgan fingerprint density at radius 2 is 1.90 bits per heavy atom. The minimum atomic E-state index is -0.225. The van der Waals surface area contributed by atoms with Gasteiger partial charge in [0.15, 0.2) is 0 Å². The molecule has 2 rings (SSSR count). The number of urea groups is 1. The van der Waals surface area contributed by atoms with Crippen LogP contribution in [0.4, 0.5) is 16.2 Å². The Kier molecular flexibility index (Phi) is 4.81. The lowest BCUT2D eigenvalue weighted by Gasteiger charge is -2.08. The molecule has 3 N–H and O–H groups in total. The largest absolute Gasteiger partial charge is 0.381 e. The van der Waals surface area contributed by atoms with E-state index in [0.29, 0.717) is 6.04 Å². The Bertz CT molecular complexity index is 588. The summed E-state index contributed by atoms with van der Waals surface area (Å²) in [6, 6.07) is 7.71. The molecule has 1 heterocycles. The van der Waals surface area contributed by atoms with Gasteiger partial charge in [-0.05, 0) is 38.1 Å². The molecule has 0 radical (unpaired) electrons. The quantitative estimate of drug-likeness (QED) is 0.792. The van der Waals surface area contributed by atoms with Crippen molar-refractivity contribution in [1.29, 1.82) is 0 Å². The van der Waals surface area contributed by atoms with Crippen LogP contribution in [0.1, 0.15) is 25.5 Å². The third-order valence-corrected chi connectivity index (χ3v) is 3.05. The van der Waals surface area contributed by atoms with Crippen molar-refractivity contribution in [2.24, 2.45) is 0 Å². The van der Waals surface area contributed by atoms with Crippen LogP contribution < -0.4 is 16.0 Å². The number of carbonyl (C=O) groups excluding carboxylic acids is 1. The summed E-state index contributed by atoms with van der Waals surface area (Å²) in [5.74, 6) is 0. The van der Waals surface area contributed by atoms with E-state index < -0.39 is 0 Å². The van der Waals surface area contributed by atoms with Gasteiger partial charge in [0.05, 0.1) is 6.20 Å². The zero-order chi connectivity index (χ0) is 15.2. The summed E-state index contributed by atoms with van der Waals surface area (Å²) in [4.78, 5) is 11.2. The molecule has 21 heavy (non-hydrogen) atoms. The van der Waals surface area contributed by atoms with Crippen LogP contribution in [0.25, 0.3) is 0 Å². The highest BCUT2D eigenvalue weighted by Gasteiger charge is 2.02. The highest BCUT2D eigenvalue weighted by Crippen LogP contribution is 2.15. The van der Waals surface area contributed by atoms with Gasteiger partial charge in [-0.15, -0.1) is 0 Å². The fraction of sp³-hybridized carbons (Fsp3) is 0.333. The maximum absolute atomic E-state index is 11.2. The van der Waals surface area contributed by atoms with E-state index in [-0.39, 0.29) is 6.03 Å². The average molecular weight is 287 g/mol. The number of rotatable bonds is 5. The Balaban J connectivity index is 1.89. The van der Waals surface area contributed by atoms with Crippen LogP contribution in [0.5, 0.6) is 0 Å². The molecule has 6 nitrogen and oxygen atoms in total. The van der Waals surface area contributed by atoms with Gasteiger partial charge in [0, 0.05) is 42.8 Å². The van der Waals surface area contributed by atoms with E-state index in [1.807, 2.05) is 41.3 Å². The third-order valence-electron chi connectivity index (χ3n) is 3.05. The van der Waals surface area contributed by atoms with Crippen LogP contribution in [0, 0.1) is 0 Å². The number of amides is 2. The van der Waals surface area contributed by atoms with E-state index in [9.17, 15) is 4.79 Å². The van der Waals surface area contributed by atoms with Gasteiger partial charge < -0.3 is 16.0 Å². The van der Waals surface area contributed by atoms with Crippen molar-refractivity contribution in [2.45, 2.75) is 26.4 Å². The maximum Gasteiger partial charge on any atom is 0.318 e. The minimum absolute atomic E-state index is 0.225. The van der Waals surface area contributed by atoms with Gasteiger partial charge >= 0.3 is 6.03 Å². The fourth-order valence-corrected chi connectivity index (χ4v) is 1.82. The summed E-state index contributed by atoms with van der Waals surface area (Å²) >= 11 is 0. The highest BCUT2D eigenvalue weighted by atomic mass is 16.2. The Labute approximate surface area is 124 Å². The highest BCUT2D eigenvalue weighted by molar-refractivity contribution is 5.89. The molecule has 0 aliphatic heterocycles. The van der Waals surface area contributed by atoms with Crippen molar-refractivity contribution in [3.05, 3.63) is 42.2 Å². The summed E-state index contributed by atoms with van der Waals surface area (Å²) in [5.41, 5.74) is 2.89. The Morgan fingerprint density at radius 3 is 2.48 bits per heavy atom. The van der Waals surface area contributed by atoms with E-state index in [2.05, 4.69) is 34.9 Å². The number of anilines is 2. The van der Waals surface area contributed by atoms with E-state index in [1.54, 1.807) is 7.05 Å². The smallest absolute Gasteiger partial charge is 0.318 e. The van der Waals surface area contributed by atoms with Gasteiger partial charge in [0.2, 0.25) is 0 Å². The first-order valence-corrected chi connectivity index (χ1v) is 6.94. The predicted molar refractivity (Wildman–Crippen MR) is 84.5 cm³/mol. The summed E-state index contributed by atoms with van der Waals surface area (Å²) in [6.07, 6.45) is 3.91. The molecule has 0 saturated carbocycles. The number of benzene rings is 1. The second-order valence-electron chi connectivity index (χ2n) is 5.06. The van der Waals surface area contributed by atoms with Gasteiger partial charge in [-0.25, -0.2) is 4.79 Å². The molecule has 0 bridgehead atoms. The molecule has 112 valence electrons. The molecule has 2 amide bonds. The van der Waals surface area contributed by atoms with Gasteiger partial charge in [-0.3, -0.25) is 4.68 Å². The Morgan fingerprint density at radius 1 is 1.24 bits per heavy atom. The lowest BCUT2D eigenvalue weighted by Crippen LogP contribution is -2.24. The van der Waals surface area contributed by atoms with Gasteiger partial charge in [-0.2, -0.15) is 5.10 Å². The number of aromatic nitrogens is 2. The number of hydrogen-bond acceptors (Lipinski definition) is 3. The number of nitrogens with one attached hydrogen (secondary N) is 3. The standard InChI is InChI=1S/C15H21N5O/c1-11(2)20-10-12(9-18-20)8-17-13-4-6-14(7-5-13)19-15(21)16-3/h4-7,9-11,17H,8H2,1-3H3,(H2,16,19,21). The summed E-state index contributed by atoms with van der Waals surface area (Å²) in [5, 5.41) is 12.9. The summed E-state index contributed by atoms with van der Waals surface area (Å²) < 4.78 is 1.94. The normalized spacial score (nSPS) is 10.5. The van der Waals surface area contributed by atoms with Crippen molar-refractivity contribution in [3.8, 4) is 0 Å². The average Bonchev–Trinajstić information content (AvgIpc) is 2.95. The first kappa shape index (κ1) is 14.9. The number of hydrogen-bond donors (Lipinski definition) is 3.